The Kier molecular flexibility index (Phi) is 3.19. The normalized spacial score (nSPS) is 14.5. The molecule has 1 fully saturated rings. The van der Waals surface area contributed by atoms with E-state index in [0.717, 1.165) is 28.0 Å². The fourth-order valence-electron chi connectivity index (χ4n) is 2.72. The second kappa shape index (κ2) is 5.19. The fourth-order valence-corrected chi connectivity index (χ4v) is 3.07. The van der Waals surface area contributed by atoms with E-state index in [0.29, 0.717) is 6.04 Å². The molecule has 0 saturated heterocycles. The van der Waals surface area contributed by atoms with E-state index >= 15 is 0 Å². The summed E-state index contributed by atoms with van der Waals surface area (Å²) in [5.41, 5.74) is 3.44. The van der Waals surface area contributed by atoms with Crippen LogP contribution in [0.2, 0.25) is 0 Å². The number of fused-ring (bicyclic) bond motifs is 1. The van der Waals surface area contributed by atoms with Crippen molar-refractivity contribution in [3.8, 4) is 0 Å². The molecule has 2 aromatic carbocycles. The molecule has 1 N–H and O–H groups in total. The summed E-state index contributed by atoms with van der Waals surface area (Å²) in [6.45, 7) is 0.757. The average Bonchev–Trinajstić information content (AvgIpc) is 3.27. The minimum Gasteiger partial charge on any atom is -0.378 e. The molecule has 1 aliphatic carbocycles. The Bertz CT molecular complexity index is 775. The van der Waals surface area contributed by atoms with Gasteiger partial charge in [-0.15, -0.1) is 0 Å². The Hall–Kier alpha value is -1.81. The molecule has 1 saturated carbocycles. The smallest absolute Gasteiger partial charge is 0.129 e. The van der Waals surface area contributed by atoms with Crippen molar-refractivity contribution in [2.75, 3.05) is 5.32 Å². The molecule has 3 aromatic rings. The predicted octanol–water partition coefficient (Wildman–Crippen LogP) is 4.75. The van der Waals surface area contributed by atoms with Gasteiger partial charge in [0.15, 0.2) is 0 Å². The lowest BCUT2D eigenvalue weighted by atomic mass is 10.3. The number of anilines is 1. The summed E-state index contributed by atoms with van der Waals surface area (Å²) < 4.78 is 3.48. The van der Waals surface area contributed by atoms with Crippen LogP contribution in [0, 0.1) is 0 Å². The van der Waals surface area contributed by atoms with E-state index in [9.17, 15) is 0 Å². The molecule has 0 unspecified atom stereocenters. The van der Waals surface area contributed by atoms with Crippen LogP contribution < -0.4 is 5.32 Å². The minimum absolute atomic E-state index is 0.628. The number of hydrogen-bond acceptors (Lipinski definition) is 2. The van der Waals surface area contributed by atoms with Gasteiger partial charge in [-0.05, 0) is 43.2 Å². The number of imidazole rings is 1. The fraction of sp³-hybridized carbons (Fsp3) is 0.235. The van der Waals surface area contributed by atoms with Crippen molar-refractivity contribution in [1.82, 2.24) is 9.55 Å². The molecule has 0 radical (unpaired) electrons. The van der Waals surface area contributed by atoms with Gasteiger partial charge in [-0.25, -0.2) is 4.98 Å². The van der Waals surface area contributed by atoms with E-state index in [4.69, 9.17) is 4.98 Å². The van der Waals surface area contributed by atoms with Crippen molar-refractivity contribution in [1.29, 1.82) is 0 Å². The third-order valence-electron chi connectivity index (χ3n) is 3.86. The number of hydrogen-bond donors (Lipinski definition) is 1. The van der Waals surface area contributed by atoms with Crippen molar-refractivity contribution in [2.45, 2.75) is 25.4 Å². The number of nitrogens with zero attached hydrogens (tertiary/aromatic N) is 2. The molecule has 1 heterocycles. The van der Waals surface area contributed by atoms with Crippen LogP contribution in [0.15, 0.2) is 53.0 Å². The average molecular weight is 342 g/mol. The zero-order chi connectivity index (χ0) is 14.2. The number of nitrogens with one attached hydrogen (secondary N) is 1. The Balaban J connectivity index is 1.69. The molecule has 1 aromatic heterocycles. The standard InChI is InChI=1S/C17H16BrN3/c18-12-6-9-16-15(10-12)20-17(21(16)14-7-8-14)11-19-13-4-2-1-3-5-13/h1-6,9-10,14,19H,7-8,11H2. The summed E-state index contributed by atoms with van der Waals surface area (Å²) in [6, 6.07) is 17.3. The Morgan fingerprint density at radius 3 is 2.71 bits per heavy atom. The van der Waals surface area contributed by atoms with E-state index in [1.54, 1.807) is 0 Å². The number of benzene rings is 2. The summed E-state index contributed by atoms with van der Waals surface area (Å²) in [4.78, 5) is 4.82. The molecule has 0 amide bonds. The molecule has 3 nitrogen and oxygen atoms in total. The highest BCUT2D eigenvalue weighted by Crippen LogP contribution is 2.39. The van der Waals surface area contributed by atoms with Crippen molar-refractivity contribution < 1.29 is 0 Å². The SMILES string of the molecule is Brc1ccc2c(c1)nc(CNc1ccccc1)n2C1CC1. The van der Waals surface area contributed by atoms with Crippen LogP contribution in [0.25, 0.3) is 11.0 Å². The summed E-state index contributed by atoms with van der Waals surface area (Å²) in [5.74, 6) is 1.12. The van der Waals surface area contributed by atoms with Crippen molar-refractivity contribution >= 4 is 32.7 Å². The van der Waals surface area contributed by atoms with Crippen molar-refractivity contribution in [3.05, 3.63) is 58.8 Å². The molecule has 4 rings (SSSR count). The molecule has 21 heavy (non-hydrogen) atoms. The molecular weight excluding hydrogens is 326 g/mol. The second-order valence-electron chi connectivity index (χ2n) is 5.48. The van der Waals surface area contributed by atoms with Gasteiger partial charge in [-0.3, -0.25) is 0 Å². The lowest BCUT2D eigenvalue weighted by Gasteiger charge is -2.09. The second-order valence-corrected chi connectivity index (χ2v) is 6.40. The molecular formula is C17H16BrN3. The molecule has 0 spiro atoms. The first-order valence-electron chi connectivity index (χ1n) is 7.26. The van der Waals surface area contributed by atoms with Crippen LogP contribution in [0.4, 0.5) is 5.69 Å². The van der Waals surface area contributed by atoms with Crippen molar-refractivity contribution in [2.24, 2.45) is 0 Å². The van der Waals surface area contributed by atoms with Crippen LogP contribution in [0.1, 0.15) is 24.7 Å². The molecule has 1 aliphatic rings. The lowest BCUT2D eigenvalue weighted by Crippen LogP contribution is -2.07. The zero-order valence-corrected chi connectivity index (χ0v) is 13.2. The first-order chi connectivity index (χ1) is 10.3. The van der Waals surface area contributed by atoms with E-state index < -0.39 is 0 Å². The van der Waals surface area contributed by atoms with E-state index in [1.807, 2.05) is 18.2 Å². The van der Waals surface area contributed by atoms with Crippen LogP contribution in [0.3, 0.4) is 0 Å². The van der Waals surface area contributed by atoms with Gasteiger partial charge in [-0.2, -0.15) is 0 Å². The van der Waals surface area contributed by atoms with Gasteiger partial charge in [0.05, 0.1) is 17.6 Å². The highest BCUT2D eigenvalue weighted by molar-refractivity contribution is 9.10. The van der Waals surface area contributed by atoms with Gasteiger partial charge in [0.1, 0.15) is 5.82 Å². The monoisotopic (exact) mass is 341 g/mol. The van der Waals surface area contributed by atoms with E-state index in [-0.39, 0.29) is 0 Å². The van der Waals surface area contributed by atoms with Crippen LogP contribution in [-0.4, -0.2) is 9.55 Å². The Labute approximate surface area is 132 Å². The van der Waals surface area contributed by atoms with Gasteiger partial charge in [0.2, 0.25) is 0 Å². The molecule has 0 atom stereocenters. The number of aromatic nitrogens is 2. The summed E-state index contributed by atoms with van der Waals surface area (Å²) in [7, 11) is 0. The number of halogens is 1. The maximum atomic E-state index is 4.82. The maximum Gasteiger partial charge on any atom is 0.129 e. The largest absolute Gasteiger partial charge is 0.378 e. The van der Waals surface area contributed by atoms with Gasteiger partial charge < -0.3 is 9.88 Å². The summed E-state index contributed by atoms with van der Waals surface area (Å²) in [6.07, 6.45) is 2.53. The molecule has 106 valence electrons. The van der Waals surface area contributed by atoms with Crippen LogP contribution in [0.5, 0.6) is 0 Å². The highest BCUT2D eigenvalue weighted by Gasteiger charge is 2.28. The molecule has 4 heteroatoms. The van der Waals surface area contributed by atoms with Gasteiger partial charge >= 0.3 is 0 Å². The number of rotatable bonds is 4. The van der Waals surface area contributed by atoms with Crippen molar-refractivity contribution in [3.63, 3.8) is 0 Å². The van der Waals surface area contributed by atoms with Crippen LogP contribution >= 0.6 is 15.9 Å². The summed E-state index contributed by atoms with van der Waals surface area (Å²) in [5, 5.41) is 3.46. The maximum absolute atomic E-state index is 4.82. The summed E-state index contributed by atoms with van der Waals surface area (Å²) >= 11 is 3.53. The Morgan fingerprint density at radius 1 is 1.14 bits per heavy atom. The first-order valence-corrected chi connectivity index (χ1v) is 8.06. The third-order valence-corrected chi connectivity index (χ3v) is 4.35. The lowest BCUT2D eigenvalue weighted by molar-refractivity contribution is 0.711. The van der Waals surface area contributed by atoms with E-state index in [2.05, 4.69) is 56.1 Å². The van der Waals surface area contributed by atoms with Crippen LogP contribution in [-0.2, 0) is 6.54 Å². The predicted molar refractivity (Wildman–Crippen MR) is 89.5 cm³/mol. The first kappa shape index (κ1) is 12.9. The van der Waals surface area contributed by atoms with Gasteiger partial charge in [-0.1, -0.05) is 34.1 Å². The highest BCUT2D eigenvalue weighted by atomic mass is 79.9. The van der Waals surface area contributed by atoms with Gasteiger partial charge in [0, 0.05) is 16.2 Å². The minimum atomic E-state index is 0.628. The molecule has 0 aliphatic heterocycles. The topological polar surface area (TPSA) is 29.9 Å². The third kappa shape index (κ3) is 2.56. The quantitative estimate of drug-likeness (QED) is 0.742. The zero-order valence-electron chi connectivity index (χ0n) is 11.6. The van der Waals surface area contributed by atoms with Gasteiger partial charge in [0.25, 0.3) is 0 Å². The van der Waals surface area contributed by atoms with E-state index in [1.165, 1.54) is 18.4 Å². The molecule has 0 bridgehead atoms. The Morgan fingerprint density at radius 2 is 1.95 bits per heavy atom. The number of para-hydroxylation sites is 1.